The molecule has 2 aromatic carbocycles. The minimum absolute atomic E-state index is 0.00499. The highest BCUT2D eigenvalue weighted by molar-refractivity contribution is 6.31. The molecule has 6 atom stereocenters. The third-order valence-corrected chi connectivity index (χ3v) is 10.6. The number of halogens is 3. The second kappa shape index (κ2) is 16.8. The third-order valence-electron chi connectivity index (χ3n) is 10.6. The molecule has 0 radical (unpaired) electrons. The van der Waals surface area contributed by atoms with E-state index in [0.29, 0.717) is 6.42 Å². The zero-order valence-electron chi connectivity index (χ0n) is 31.7. The van der Waals surface area contributed by atoms with E-state index in [4.69, 9.17) is 37.9 Å². The van der Waals surface area contributed by atoms with Crippen molar-refractivity contribution in [2.75, 3.05) is 42.2 Å². The van der Waals surface area contributed by atoms with Gasteiger partial charge in [-0.15, -0.1) is 0 Å². The number of fused-ring (bicyclic) bond motifs is 3. The van der Waals surface area contributed by atoms with Crippen LogP contribution in [0.15, 0.2) is 18.2 Å². The fourth-order valence-corrected chi connectivity index (χ4v) is 7.92. The molecule has 2 aromatic rings. The van der Waals surface area contributed by atoms with Crippen LogP contribution in [0.1, 0.15) is 101 Å². The molecule has 1 heterocycles. The van der Waals surface area contributed by atoms with E-state index in [0.717, 1.165) is 6.42 Å². The molecule has 0 N–H and O–H groups in total. The predicted molar refractivity (Wildman–Crippen MR) is 186 cm³/mol. The van der Waals surface area contributed by atoms with Gasteiger partial charge in [-0.3, -0.25) is 24.0 Å². The highest BCUT2D eigenvalue weighted by atomic mass is 19.4. The second-order valence-electron chi connectivity index (χ2n) is 13.7. The van der Waals surface area contributed by atoms with Crippen LogP contribution >= 0.6 is 0 Å². The maximum atomic E-state index is 14.4. The lowest BCUT2D eigenvalue weighted by Crippen LogP contribution is -2.51. The Bertz CT molecular complexity index is 1840. The monoisotopic (exact) mass is 778 g/mol. The molecule has 0 amide bonds. The first-order valence-electron chi connectivity index (χ1n) is 17.9. The maximum Gasteiger partial charge on any atom is 0.449 e. The summed E-state index contributed by atoms with van der Waals surface area (Å²) in [6.07, 6.45) is -9.66. The van der Waals surface area contributed by atoms with Gasteiger partial charge in [-0.25, -0.2) is 0 Å². The lowest BCUT2D eigenvalue weighted by atomic mass is 9.71. The molecule has 1 saturated heterocycles. The Labute approximate surface area is 316 Å². The Balaban J connectivity index is 1.67. The first-order valence-corrected chi connectivity index (χ1v) is 17.9. The van der Waals surface area contributed by atoms with Crippen LogP contribution in [-0.4, -0.2) is 102 Å². The highest BCUT2D eigenvalue weighted by Crippen LogP contribution is 2.54. The number of esters is 1. The first kappa shape index (κ1) is 41.8. The number of carbonyl (C=O) groups excluding carboxylic acids is 5. The first-order chi connectivity index (χ1) is 26.1. The van der Waals surface area contributed by atoms with E-state index in [1.165, 1.54) is 47.7 Å². The Morgan fingerprint density at radius 1 is 0.945 bits per heavy atom. The van der Waals surface area contributed by atoms with Crippen molar-refractivity contribution in [1.82, 2.24) is 0 Å². The van der Waals surface area contributed by atoms with Crippen LogP contribution in [0.25, 0.3) is 0 Å². The van der Waals surface area contributed by atoms with E-state index < -0.39 is 84.4 Å². The standard InChI is InChI=1S/C39H45F3O13/c1-8-9-13-27(45)53-18-26(44)38(52-7)16-22-30(24(17-38)55-28-15-20(14-25(43)39(40,41)42)35(49-4)19(2)54-28)37(51-6)32-31(36(22)50-5)33(46)21-11-10-12-23(48-3)29(21)34(32)47/h10-12,19-20,24,28,35H,8-9,13-18H2,1-7H3/t19?,20-,24+,28+,35+,38+/m1/s1. The number of methoxy groups -OCH3 is 5. The number of Topliss-reactive ketones (excluding diaryl/α,β-unsaturated/α-hetero) is 2. The number of ketones is 4. The average molecular weight is 779 g/mol. The molecule has 1 unspecified atom stereocenters. The van der Waals surface area contributed by atoms with Crippen molar-refractivity contribution in [3.63, 3.8) is 0 Å². The van der Waals surface area contributed by atoms with Gasteiger partial charge in [0.2, 0.25) is 17.3 Å². The van der Waals surface area contributed by atoms with Crippen molar-refractivity contribution in [3.05, 3.63) is 51.6 Å². The van der Waals surface area contributed by atoms with Crippen LogP contribution in [0.4, 0.5) is 13.2 Å². The molecular weight excluding hydrogens is 733 g/mol. The van der Waals surface area contributed by atoms with Crippen LogP contribution in [0.2, 0.25) is 0 Å². The predicted octanol–water partition coefficient (Wildman–Crippen LogP) is 5.47. The normalized spacial score (nSPS) is 24.7. The molecular formula is C39H45F3O13. The minimum Gasteiger partial charge on any atom is -0.496 e. The summed E-state index contributed by atoms with van der Waals surface area (Å²) < 4.78 is 86.8. The zero-order valence-corrected chi connectivity index (χ0v) is 31.7. The SMILES string of the molecule is CCCCC(=O)OCC(=O)[C@]1(OC)Cc2c(OC)c3c(c(OC)c2[C@@H](O[C@H]2C[C@@H](CC(=O)C(F)(F)F)[C@@H](OC)C(C)O2)C1)C(=O)c1c(OC)cccc1C3=O. The average Bonchev–Trinajstić information content (AvgIpc) is 3.16. The summed E-state index contributed by atoms with van der Waals surface area (Å²) in [5, 5.41) is 0. The molecule has 0 bridgehead atoms. The molecule has 2 aliphatic carbocycles. The number of alkyl halides is 3. The fraction of sp³-hybridized carbons (Fsp3) is 0.564. The topological polar surface area (TPSA) is 159 Å². The number of unbranched alkanes of at least 4 members (excludes halogenated alkanes) is 1. The van der Waals surface area contributed by atoms with Crippen molar-refractivity contribution in [2.45, 2.75) is 95.2 Å². The number of rotatable bonds is 15. The molecule has 13 nitrogen and oxygen atoms in total. The number of carbonyl (C=O) groups is 5. The van der Waals surface area contributed by atoms with Crippen molar-refractivity contribution in [3.8, 4) is 17.2 Å². The Morgan fingerprint density at radius 2 is 1.64 bits per heavy atom. The highest BCUT2D eigenvalue weighted by Gasteiger charge is 2.53. The van der Waals surface area contributed by atoms with Crippen molar-refractivity contribution in [2.24, 2.45) is 5.92 Å². The minimum atomic E-state index is -5.08. The van der Waals surface area contributed by atoms with E-state index in [-0.39, 0.29) is 76.3 Å². The van der Waals surface area contributed by atoms with Gasteiger partial charge in [0.05, 0.1) is 56.3 Å². The summed E-state index contributed by atoms with van der Waals surface area (Å²) in [7, 11) is 6.51. The van der Waals surface area contributed by atoms with Gasteiger partial charge >= 0.3 is 12.1 Å². The van der Waals surface area contributed by atoms with E-state index in [9.17, 15) is 37.1 Å². The summed E-state index contributed by atoms with van der Waals surface area (Å²) in [5.74, 6) is -5.37. The van der Waals surface area contributed by atoms with E-state index >= 15 is 0 Å². The van der Waals surface area contributed by atoms with Gasteiger partial charge in [-0.1, -0.05) is 25.5 Å². The molecule has 1 fully saturated rings. The second-order valence-corrected chi connectivity index (χ2v) is 13.7. The lowest BCUT2D eigenvalue weighted by Gasteiger charge is -2.45. The van der Waals surface area contributed by atoms with Gasteiger partial charge in [0.15, 0.2) is 18.7 Å². The number of hydrogen-bond donors (Lipinski definition) is 0. The van der Waals surface area contributed by atoms with E-state index in [1.807, 2.05) is 6.92 Å². The molecule has 55 heavy (non-hydrogen) atoms. The number of ether oxygens (including phenoxy) is 8. The Hall–Kier alpha value is -4.38. The van der Waals surface area contributed by atoms with Crippen LogP contribution in [-0.2, 0) is 44.5 Å². The van der Waals surface area contributed by atoms with Crippen LogP contribution in [0.3, 0.4) is 0 Å². The molecule has 5 rings (SSSR count). The summed E-state index contributed by atoms with van der Waals surface area (Å²) in [4.78, 5) is 67.4. The number of hydrogen-bond acceptors (Lipinski definition) is 13. The number of benzene rings is 2. The maximum absolute atomic E-state index is 14.4. The Morgan fingerprint density at radius 3 is 2.24 bits per heavy atom. The quantitative estimate of drug-likeness (QED) is 0.179. The molecule has 0 aromatic heterocycles. The zero-order chi connectivity index (χ0) is 40.4. The smallest absolute Gasteiger partial charge is 0.449 e. The summed E-state index contributed by atoms with van der Waals surface area (Å²) in [6.45, 7) is 2.80. The van der Waals surface area contributed by atoms with Crippen LogP contribution in [0.5, 0.6) is 17.2 Å². The van der Waals surface area contributed by atoms with Crippen LogP contribution in [0, 0.1) is 5.92 Å². The van der Waals surface area contributed by atoms with Gasteiger partial charge < -0.3 is 37.9 Å². The third kappa shape index (κ3) is 7.86. The largest absolute Gasteiger partial charge is 0.496 e. The molecule has 300 valence electrons. The lowest BCUT2D eigenvalue weighted by molar-refractivity contribution is -0.262. The van der Waals surface area contributed by atoms with Gasteiger partial charge in [0, 0.05) is 63.0 Å². The molecule has 1 aliphatic heterocycles. The fourth-order valence-electron chi connectivity index (χ4n) is 7.92. The van der Waals surface area contributed by atoms with Gasteiger partial charge in [0.1, 0.15) is 22.8 Å². The van der Waals surface area contributed by atoms with Crippen molar-refractivity contribution >= 4 is 29.1 Å². The van der Waals surface area contributed by atoms with Gasteiger partial charge in [0.25, 0.3) is 0 Å². The van der Waals surface area contributed by atoms with Gasteiger partial charge in [-0.05, 0) is 25.3 Å². The van der Waals surface area contributed by atoms with Crippen LogP contribution < -0.4 is 14.2 Å². The molecule has 16 heteroatoms. The summed E-state index contributed by atoms with van der Waals surface area (Å²) in [6, 6.07) is 4.57. The van der Waals surface area contributed by atoms with E-state index in [1.54, 1.807) is 13.0 Å². The molecule has 0 spiro atoms. The summed E-state index contributed by atoms with van der Waals surface area (Å²) in [5.41, 5.74) is -1.62. The van der Waals surface area contributed by atoms with E-state index in [2.05, 4.69) is 0 Å². The van der Waals surface area contributed by atoms with Crippen molar-refractivity contribution in [1.29, 1.82) is 0 Å². The molecule has 0 saturated carbocycles. The summed E-state index contributed by atoms with van der Waals surface area (Å²) >= 11 is 0. The van der Waals surface area contributed by atoms with Gasteiger partial charge in [-0.2, -0.15) is 13.2 Å². The van der Waals surface area contributed by atoms with Crippen molar-refractivity contribution < 1.29 is 75.0 Å². The molecule has 3 aliphatic rings. The Kier molecular flexibility index (Phi) is 12.7.